The van der Waals surface area contributed by atoms with E-state index in [0.717, 1.165) is 19.3 Å². The molecule has 2 rings (SSSR count). The first kappa shape index (κ1) is 12.3. The lowest BCUT2D eigenvalue weighted by Gasteiger charge is -2.23. The SMILES string of the molecule is CC(C)N1C(=O)CC(NC2CC=CCC2)C1=O. The summed E-state index contributed by atoms with van der Waals surface area (Å²) in [6, 6.07) is 0.00307. The number of likely N-dealkylation sites (tertiary alicyclic amines) is 1. The van der Waals surface area contributed by atoms with Gasteiger partial charge < -0.3 is 5.32 Å². The van der Waals surface area contributed by atoms with Gasteiger partial charge in [-0.25, -0.2) is 0 Å². The van der Waals surface area contributed by atoms with Gasteiger partial charge in [-0.15, -0.1) is 0 Å². The normalized spacial score (nSPS) is 29.5. The van der Waals surface area contributed by atoms with Crippen LogP contribution >= 0.6 is 0 Å². The van der Waals surface area contributed by atoms with Crippen molar-refractivity contribution in [2.75, 3.05) is 0 Å². The van der Waals surface area contributed by atoms with Gasteiger partial charge in [-0.05, 0) is 33.1 Å². The van der Waals surface area contributed by atoms with Gasteiger partial charge in [-0.1, -0.05) is 12.2 Å². The molecule has 1 aliphatic carbocycles. The monoisotopic (exact) mass is 236 g/mol. The van der Waals surface area contributed by atoms with Crippen LogP contribution in [0.2, 0.25) is 0 Å². The lowest BCUT2D eigenvalue weighted by molar-refractivity contribution is -0.140. The summed E-state index contributed by atoms with van der Waals surface area (Å²) >= 11 is 0. The van der Waals surface area contributed by atoms with Crippen molar-refractivity contribution in [3.05, 3.63) is 12.2 Å². The lowest BCUT2D eigenvalue weighted by atomic mass is 10.0. The Labute approximate surface area is 102 Å². The quantitative estimate of drug-likeness (QED) is 0.592. The smallest absolute Gasteiger partial charge is 0.247 e. The van der Waals surface area contributed by atoms with Crippen molar-refractivity contribution in [1.29, 1.82) is 0 Å². The Bertz CT molecular complexity index is 349. The lowest BCUT2D eigenvalue weighted by Crippen LogP contribution is -2.45. The molecule has 0 aromatic heterocycles. The first-order valence-corrected chi connectivity index (χ1v) is 6.36. The Morgan fingerprint density at radius 1 is 1.35 bits per heavy atom. The minimum absolute atomic E-state index is 0.0342. The molecule has 94 valence electrons. The second kappa shape index (κ2) is 5.00. The maximum atomic E-state index is 12.1. The van der Waals surface area contributed by atoms with Gasteiger partial charge in [0.2, 0.25) is 11.8 Å². The highest BCUT2D eigenvalue weighted by molar-refractivity contribution is 6.05. The second-order valence-corrected chi connectivity index (χ2v) is 5.10. The van der Waals surface area contributed by atoms with Crippen LogP contribution in [0, 0.1) is 0 Å². The van der Waals surface area contributed by atoms with Gasteiger partial charge >= 0.3 is 0 Å². The minimum atomic E-state index is -0.304. The number of allylic oxidation sites excluding steroid dienone is 1. The molecule has 1 N–H and O–H groups in total. The third-order valence-electron chi connectivity index (χ3n) is 3.41. The van der Waals surface area contributed by atoms with Crippen molar-refractivity contribution in [2.45, 2.75) is 57.7 Å². The molecule has 2 atom stereocenters. The highest BCUT2D eigenvalue weighted by Gasteiger charge is 2.40. The Hall–Kier alpha value is -1.16. The van der Waals surface area contributed by atoms with E-state index >= 15 is 0 Å². The molecular weight excluding hydrogens is 216 g/mol. The van der Waals surface area contributed by atoms with Crippen LogP contribution in [-0.4, -0.2) is 34.8 Å². The number of hydrogen-bond acceptors (Lipinski definition) is 3. The molecule has 2 aliphatic rings. The van der Waals surface area contributed by atoms with Gasteiger partial charge in [0.05, 0.1) is 12.5 Å². The van der Waals surface area contributed by atoms with Crippen molar-refractivity contribution in [3.8, 4) is 0 Å². The summed E-state index contributed by atoms with van der Waals surface area (Å²) in [4.78, 5) is 25.2. The van der Waals surface area contributed by atoms with Crippen molar-refractivity contribution < 1.29 is 9.59 Å². The molecule has 0 spiro atoms. The number of carbonyl (C=O) groups excluding carboxylic acids is 2. The molecule has 1 fully saturated rings. The predicted molar refractivity (Wildman–Crippen MR) is 65.3 cm³/mol. The van der Waals surface area contributed by atoms with Gasteiger partial charge in [0, 0.05) is 12.1 Å². The summed E-state index contributed by atoms with van der Waals surface area (Å²) in [7, 11) is 0. The molecular formula is C13H20N2O2. The maximum Gasteiger partial charge on any atom is 0.247 e. The number of rotatable bonds is 3. The van der Waals surface area contributed by atoms with Crippen LogP contribution in [0.25, 0.3) is 0 Å². The third-order valence-corrected chi connectivity index (χ3v) is 3.41. The molecule has 2 amide bonds. The number of nitrogens with one attached hydrogen (secondary N) is 1. The van der Waals surface area contributed by atoms with Gasteiger partial charge in [0.25, 0.3) is 0 Å². The number of nitrogens with zero attached hydrogens (tertiary/aromatic N) is 1. The predicted octanol–water partition coefficient (Wildman–Crippen LogP) is 1.22. The number of hydrogen-bond donors (Lipinski definition) is 1. The van der Waals surface area contributed by atoms with Gasteiger partial charge in [0.15, 0.2) is 0 Å². The Balaban J connectivity index is 1.97. The van der Waals surface area contributed by atoms with Crippen LogP contribution in [0.4, 0.5) is 0 Å². The van der Waals surface area contributed by atoms with Gasteiger partial charge in [-0.3, -0.25) is 14.5 Å². The summed E-state index contributed by atoms with van der Waals surface area (Å²) in [5, 5.41) is 3.32. The molecule has 4 nitrogen and oxygen atoms in total. The Morgan fingerprint density at radius 2 is 2.12 bits per heavy atom. The largest absolute Gasteiger partial charge is 0.302 e. The van der Waals surface area contributed by atoms with Crippen molar-refractivity contribution in [3.63, 3.8) is 0 Å². The fourth-order valence-corrected chi connectivity index (χ4v) is 2.55. The fourth-order valence-electron chi connectivity index (χ4n) is 2.55. The van der Waals surface area contributed by atoms with Crippen LogP contribution < -0.4 is 5.32 Å². The van der Waals surface area contributed by atoms with E-state index in [1.807, 2.05) is 13.8 Å². The van der Waals surface area contributed by atoms with E-state index in [1.165, 1.54) is 4.90 Å². The van der Waals surface area contributed by atoms with Crippen LogP contribution in [0.1, 0.15) is 39.5 Å². The summed E-state index contributed by atoms with van der Waals surface area (Å²) < 4.78 is 0. The molecule has 4 heteroatoms. The second-order valence-electron chi connectivity index (χ2n) is 5.10. The molecule has 0 radical (unpaired) electrons. The van der Waals surface area contributed by atoms with E-state index in [4.69, 9.17) is 0 Å². The summed E-state index contributed by atoms with van der Waals surface area (Å²) in [5.74, 6) is -0.103. The van der Waals surface area contributed by atoms with E-state index in [1.54, 1.807) is 0 Å². The molecule has 1 heterocycles. The van der Waals surface area contributed by atoms with Crippen LogP contribution in [0.15, 0.2) is 12.2 Å². The van der Waals surface area contributed by atoms with E-state index < -0.39 is 0 Å². The molecule has 2 unspecified atom stereocenters. The zero-order valence-electron chi connectivity index (χ0n) is 10.5. The van der Waals surface area contributed by atoms with Crippen LogP contribution in [0.5, 0.6) is 0 Å². The maximum absolute atomic E-state index is 12.1. The Morgan fingerprint density at radius 3 is 2.65 bits per heavy atom. The molecule has 0 saturated carbocycles. The molecule has 0 aromatic carbocycles. The molecule has 0 bridgehead atoms. The van der Waals surface area contributed by atoms with Gasteiger partial charge in [-0.2, -0.15) is 0 Å². The number of imide groups is 1. The fraction of sp³-hybridized carbons (Fsp3) is 0.692. The first-order valence-electron chi connectivity index (χ1n) is 6.36. The topological polar surface area (TPSA) is 49.4 Å². The van der Waals surface area contributed by atoms with E-state index in [-0.39, 0.29) is 23.9 Å². The first-order chi connectivity index (χ1) is 8.09. The van der Waals surface area contributed by atoms with Crippen molar-refractivity contribution in [2.24, 2.45) is 0 Å². The number of amides is 2. The molecule has 0 aromatic rings. The summed E-state index contributed by atoms with van der Waals surface area (Å²) in [5.41, 5.74) is 0. The average molecular weight is 236 g/mol. The van der Waals surface area contributed by atoms with Crippen LogP contribution in [-0.2, 0) is 9.59 Å². The molecule has 17 heavy (non-hydrogen) atoms. The van der Waals surface area contributed by atoms with E-state index in [2.05, 4.69) is 17.5 Å². The summed E-state index contributed by atoms with van der Waals surface area (Å²) in [6.07, 6.45) is 7.69. The minimum Gasteiger partial charge on any atom is -0.302 e. The summed E-state index contributed by atoms with van der Waals surface area (Å²) in [6.45, 7) is 3.75. The van der Waals surface area contributed by atoms with E-state index in [0.29, 0.717) is 12.5 Å². The van der Waals surface area contributed by atoms with Crippen LogP contribution in [0.3, 0.4) is 0 Å². The number of carbonyl (C=O) groups is 2. The Kier molecular flexibility index (Phi) is 3.62. The third kappa shape index (κ3) is 2.57. The highest BCUT2D eigenvalue weighted by atomic mass is 16.2. The molecule has 1 aliphatic heterocycles. The standard InChI is InChI=1S/C13H20N2O2/c1-9(2)15-12(16)8-11(13(15)17)14-10-6-4-3-5-7-10/h3-4,9-11,14H,5-8H2,1-2H3. The van der Waals surface area contributed by atoms with Crippen molar-refractivity contribution in [1.82, 2.24) is 10.2 Å². The zero-order chi connectivity index (χ0) is 12.4. The van der Waals surface area contributed by atoms with E-state index in [9.17, 15) is 9.59 Å². The molecule has 1 saturated heterocycles. The van der Waals surface area contributed by atoms with Gasteiger partial charge in [0.1, 0.15) is 0 Å². The highest BCUT2D eigenvalue weighted by Crippen LogP contribution is 2.19. The van der Waals surface area contributed by atoms with Crippen molar-refractivity contribution >= 4 is 11.8 Å². The average Bonchev–Trinajstić information content (AvgIpc) is 2.55. The zero-order valence-corrected chi connectivity index (χ0v) is 10.5.